The molecule has 1 saturated carbocycles. The number of benzene rings is 1. The number of carbonyl (C=O) groups excluding carboxylic acids is 6. The molecule has 1 aromatic carbocycles. The van der Waals surface area contributed by atoms with Crippen molar-refractivity contribution in [2.75, 3.05) is 52.5 Å². The molecule has 15 nitrogen and oxygen atoms in total. The maximum absolute atomic E-state index is 14.8. The maximum atomic E-state index is 14.8. The number of fused-ring (bicyclic) bond motifs is 1. The van der Waals surface area contributed by atoms with Crippen molar-refractivity contribution in [3.8, 4) is 5.75 Å². The summed E-state index contributed by atoms with van der Waals surface area (Å²) in [6.07, 6.45) is 3.41. The summed E-state index contributed by atoms with van der Waals surface area (Å²) in [5, 5.41) is 5.97. The van der Waals surface area contributed by atoms with E-state index in [0.717, 1.165) is 19.3 Å². The van der Waals surface area contributed by atoms with Crippen molar-refractivity contribution >= 4 is 46.6 Å². The zero-order chi connectivity index (χ0) is 37.4. The fourth-order valence-electron chi connectivity index (χ4n) is 6.60. The van der Waals surface area contributed by atoms with Crippen molar-refractivity contribution in [3.63, 3.8) is 0 Å². The summed E-state index contributed by atoms with van der Waals surface area (Å²) in [5.74, 6) is -2.88. The van der Waals surface area contributed by atoms with Crippen LogP contribution < -0.4 is 15.4 Å². The van der Waals surface area contributed by atoms with Gasteiger partial charge in [0.15, 0.2) is 6.61 Å². The fourth-order valence-corrected chi connectivity index (χ4v) is 6.60. The maximum Gasteiger partial charge on any atom is 0.409 e. The van der Waals surface area contributed by atoms with Crippen LogP contribution in [0.3, 0.4) is 0 Å². The van der Waals surface area contributed by atoms with Crippen LogP contribution in [0.1, 0.15) is 74.8 Å². The average molecular weight is 727 g/mol. The van der Waals surface area contributed by atoms with Gasteiger partial charge in [0.2, 0.25) is 11.8 Å². The number of ether oxygens (including phenoxy) is 3. The number of pyridine rings is 1. The van der Waals surface area contributed by atoms with Gasteiger partial charge in [-0.15, -0.1) is 0 Å². The van der Waals surface area contributed by atoms with E-state index in [0.29, 0.717) is 19.4 Å². The van der Waals surface area contributed by atoms with Crippen molar-refractivity contribution in [2.45, 2.75) is 83.8 Å². The molecular formula is C36H47FN6O9. The van der Waals surface area contributed by atoms with Crippen molar-refractivity contribution in [3.05, 3.63) is 35.3 Å². The van der Waals surface area contributed by atoms with Gasteiger partial charge in [-0.25, -0.2) is 14.2 Å². The van der Waals surface area contributed by atoms with Crippen molar-refractivity contribution in [1.29, 1.82) is 0 Å². The normalized spacial score (nSPS) is 18.0. The molecule has 1 aromatic heterocycles. The number of esters is 1. The molecule has 2 aliphatic heterocycles. The lowest BCUT2D eigenvalue weighted by molar-refractivity contribution is -0.143. The second-order valence-electron chi connectivity index (χ2n) is 13.1. The number of likely N-dealkylation sites (tertiary alicyclic amines) is 1. The lowest BCUT2D eigenvalue weighted by atomic mass is 9.93. The van der Waals surface area contributed by atoms with E-state index in [2.05, 4.69) is 15.6 Å². The van der Waals surface area contributed by atoms with Crippen LogP contribution in [0.5, 0.6) is 5.75 Å². The van der Waals surface area contributed by atoms with E-state index in [1.165, 1.54) is 39.8 Å². The van der Waals surface area contributed by atoms with Crippen LogP contribution in [0.15, 0.2) is 18.2 Å². The molecule has 52 heavy (non-hydrogen) atoms. The topological polar surface area (TPSA) is 177 Å². The Kier molecular flexibility index (Phi) is 12.8. The fraction of sp³-hybridized carbons (Fsp3) is 0.583. The van der Waals surface area contributed by atoms with E-state index >= 15 is 0 Å². The third-order valence-corrected chi connectivity index (χ3v) is 9.71. The molecular weight excluding hydrogens is 679 g/mol. The van der Waals surface area contributed by atoms with E-state index < -0.39 is 54.3 Å². The third kappa shape index (κ3) is 9.06. The van der Waals surface area contributed by atoms with E-state index in [1.54, 1.807) is 13.8 Å². The summed E-state index contributed by atoms with van der Waals surface area (Å²) in [7, 11) is 0. The van der Waals surface area contributed by atoms with E-state index in [1.807, 2.05) is 0 Å². The third-order valence-electron chi connectivity index (χ3n) is 9.71. The Bertz CT molecular complexity index is 1680. The predicted molar refractivity (Wildman–Crippen MR) is 185 cm³/mol. The minimum absolute atomic E-state index is 0.0275. The van der Waals surface area contributed by atoms with Crippen LogP contribution in [0.25, 0.3) is 10.9 Å². The predicted octanol–water partition coefficient (Wildman–Crippen LogP) is 2.46. The van der Waals surface area contributed by atoms with E-state index in [4.69, 9.17) is 14.2 Å². The molecule has 3 fully saturated rings. The summed E-state index contributed by atoms with van der Waals surface area (Å²) in [5.41, 5.74) is 0.251. The number of nitrogens with one attached hydrogen (secondary N) is 2. The van der Waals surface area contributed by atoms with Crippen molar-refractivity contribution < 1.29 is 47.4 Å². The number of hydrogen-bond donors (Lipinski definition) is 2. The van der Waals surface area contributed by atoms with Crippen molar-refractivity contribution in [2.24, 2.45) is 0 Å². The number of aryl methyl sites for hydroxylation is 1. The Hall–Kier alpha value is -5.02. The monoisotopic (exact) mass is 726 g/mol. The van der Waals surface area contributed by atoms with Gasteiger partial charge in [0, 0.05) is 56.6 Å². The second-order valence-corrected chi connectivity index (χ2v) is 13.1. The first-order valence-corrected chi connectivity index (χ1v) is 18.0. The SMILES string of the molecule is CCOC(=O)CC[C@H](NC(=O)c1cc(OCC(=O)N2CCC[C@H]2C(=O)NC2CCC2)c2c(C)c(F)ccc2n1)C(=O)N1CCN(C(=O)OCC)CC1. The number of nitrogens with zero attached hydrogens (tertiary/aromatic N) is 4. The lowest BCUT2D eigenvalue weighted by Crippen LogP contribution is -2.56. The average Bonchev–Trinajstić information content (AvgIpc) is 3.62. The number of rotatable bonds is 13. The molecule has 2 atom stereocenters. The number of piperazine rings is 1. The molecule has 2 saturated heterocycles. The van der Waals surface area contributed by atoms with Crippen LogP contribution in [0.4, 0.5) is 9.18 Å². The second kappa shape index (κ2) is 17.5. The lowest BCUT2D eigenvalue weighted by Gasteiger charge is -2.36. The zero-order valence-corrected chi connectivity index (χ0v) is 29.9. The summed E-state index contributed by atoms with van der Waals surface area (Å²) in [6.45, 7) is 6.02. The Labute approximate surface area is 301 Å². The highest BCUT2D eigenvalue weighted by Gasteiger charge is 2.36. The molecule has 0 spiro atoms. The molecule has 0 unspecified atom stereocenters. The summed E-state index contributed by atoms with van der Waals surface area (Å²) in [4.78, 5) is 87.1. The van der Waals surface area contributed by atoms with Gasteiger partial charge >= 0.3 is 12.1 Å². The number of aromatic nitrogens is 1. The summed E-state index contributed by atoms with van der Waals surface area (Å²) >= 11 is 0. The number of halogens is 1. The van der Waals surface area contributed by atoms with Gasteiger partial charge in [0.05, 0.1) is 18.7 Å². The number of carbonyl (C=O) groups is 6. The first kappa shape index (κ1) is 38.2. The van der Waals surface area contributed by atoms with Gasteiger partial charge in [-0.05, 0) is 77.0 Å². The first-order chi connectivity index (χ1) is 25.0. The van der Waals surface area contributed by atoms with Gasteiger partial charge < -0.3 is 39.5 Å². The van der Waals surface area contributed by atoms with Gasteiger partial charge in [-0.3, -0.25) is 24.0 Å². The Morgan fingerprint density at radius 1 is 0.942 bits per heavy atom. The zero-order valence-electron chi connectivity index (χ0n) is 29.9. The van der Waals surface area contributed by atoms with Crippen molar-refractivity contribution in [1.82, 2.24) is 30.3 Å². The number of amides is 5. The molecule has 5 rings (SSSR count). The molecule has 5 amide bonds. The molecule has 3 aliphatic rings. The molecule has 3 heterocycles. The van der Waals surface area contributed by atoms with Crippen LogP contribution in [-0.2, 0) is 28.7 Å². The molecule has 16 heteroatoms. The first-order valence-electron chi connectivity index (χ1n) is 18.0. The Balaban J connectivity index is 1.33. The molecule has 282 valence electrons. The summed E-state index contributed by atoms with van der Waals surface area (Å²) < 4.78 is 30.8. The molecule has 0 radical (unpaired) electrons. The highest BCUT2D eigenvalue weighted by molar-refractivity contribution is 6.00. The smallest absolute Gasteiger partial charge is 0.409 e. The molecule has 0 bridgehead atoms. The van der Waals surface area contributed by atoms with Gasteiger partial charge in [0.1, 0.15) is 29.3 Å². The standard InChI is InChI=1S/C36H47FN6O9/c1-4-50-31(45)14-13-26(35(48)41-16-18-42(19-17-41)36(49)51-5-2)40-33(46)27-20-29(32-22(3)24(37)11-12-25(32)39-27)52-21-30(44)43-15-7-10-28(43)34(47)38-23-8-6-9-23/h11-12,20,23,26,28H,4-10,13-19,21H2,1-3H3,(H,38,47)(H,40,46)/t26-,28-/m0/s1. The van der Waals surface area contributed by atoms with E-state index in [9.17, 15) is 33.2 Å². The van der Waals surface area contributed by atoms with Crippen LogP contribution in [0, 0.1) is 12.7 Å². The highest BCUT2D eigenvalue weighted by atomic mass is 19.1. The molecule has 2 N–H and O–H groups in total. The van der Waals surface area contributed by atoms with Crippen LogP contribution in [0.2, 0.25) is 0 Å². The Morgan fingerprint density at radius 3 is 2.33 bits per heavy atom. The van der Waals surface area contributed by atoms with Crippen LogP contribution in [-0.4, -0.2) is 126 Å². The highest BCUT2D eigenvalue weighted by Crippen LogP contribution is 2.31. The van der Waals surface area contributed by atoms with Gasteiger partial charge in [0.25, 0.3) is 11.8 Å². The van der Waals surface area contributed by atoms with E-state index in [-0.39, 0.29) is 92.1 Å². The minimum Gasteiger partial charge on any atom is -0.483 e. The van der Waals surface area contributed by atoms with Gasteiger partial charge in [-0.1, -0.05) is 0 Å². The molecule has 1 aliphatic carbocycles. The van der Waals surface area contributed by atoms with Crippen LogP contribution >= 0.6 is 0 Å². The number of hydrogen-bond acceptors (Lipinski definition) is 10. The molecule has 2 aromatic rings. The minimum atomic E-state index is -1.15. The van der Waals surface area contributed by atoms with Gasteiger partial charge in [-0.2, -0.15) is 0 Å². The largest absolute Gasteiger partial charge is 0.483 e. The summed E-state index contributed by atoms with van der Waals surface area (Å²) in [6, 6.07) is 2.25. The quantitative estimate of drug-likeness (QED) is 0.292. The Morgan fingerprint density at radius 2 is 1.65 bits per heavy atom.